The molecule has 21 heavy (non-hydrogen) atoms. The third-order valence-corrected chi connectivity index (χ3v) is 3.62. The number of nitrogens with zero attached hydrogens (tertiary/aromatic N) is 2. The molecule has 0 saturated heterocycles. The van der Waals surface area contributed by atoms with Crippen molar-refractivity contribution in [2.75, 3.05) is 0 Å². The Morgan fingerprint density at radius 1 is 1.10 bits per heavy atom. The first-order chi connectivity index (χ1) is 10.0. The SMILES string of the molecule is FC(F)(F)Oc1ccc(Cn2cnc3c2CCCC3)cc1. The van der Waals surface area contributed by atoms with Crippen LogP contribution in [0.1, 0.15) is 29.8 Å². The van der Waals surface area contributed by atoms with Gasteiger partial charge < -0.3 is 9.30 Å². The Bertz CT molecular complexity index is 617. The molecule has 1 aromatic carbocycles. The highest BCUT2D eigenvalue weighted by Gasteiger charge is 2.30. The summed E-state index contributed by atoms with van der Waals surface area (Å²) in [7, 11) is 0. The van der Waals surface area contributed by atoms with Crippen LogP contribution in [0, 0.1) is 0 Å². The van der Waals surface area contributed by atoms with Crippen LogP contribution in [0.3, 0.4) is 0 Å². The topological polar surface area (TPSA) is 27.1 Å². The monoisotopic (exact) mass is 296 g/mol. The minimum absolute atomic E-state index is 0.195. The Morgan fingerprint density at radius 2 is 1.81 bits per heavy atom. The van der Waals surface area contributed by atoms with Gasteiger partial charge in [-0.1, -0.05) is 12.1 Å². The molecule has 0 N–H and O–H groups in total. The van der Waals surface area contributed by atoms with Gasteiger partial charge in [0.05, 0.1) is 12.0 Å². The van der Waals surface area contributed by atoms with Crippen molar-refractivity contribution in [3.63, 3.8) is 0 Å². The highest BCUT2D eigenvalue weighted by molar-refractivity contribution is 5.28. The number of ether oxygens (including phenoxy) is 1. The van der Waals surface area contributed by atoms with Crippen LogP contribution in [0.4, 0.5) is 13.2 Å². The van der Waals surface area contributed by atoms with Gasteiger partial charge in [-0.15, -0.1) is 13.2 Å². The number of halogens is 3. The second kappa shape index (κ2) is 5.42. The lowest BCUT2D eigenvalue weighted by atomic mass is 10.0. The number of imidazole rings is 1. The molecule has 0 fully saturated rings. The second-order valence-corrected chi connectivity index (χ2v) is 5.16. The molecule has 3 nitrogen and oxygen atoms in total. The van der Waals surface area contributed by atoms with E-state index in [1.165, 1.54) is 24.2 Å². The van der Waals surface area contributed by atoms with Gasteiger partial charge in [-0.2, -0.15) is 0 Å². The molecule has 6 heteroatoms. The average Bonchev–Trinajstić information content (AvgIpc) is 2.83. The molecule has 0 amide bonds. The molecule has 0 spiro atoms. The fourth-order valence-electron chi connectivity index (χ4n) is 2.66. The van der Waals surface area contributed by atoms with Gasteiger partial charge in [0, 0.05) is 12.2 Å². The van der Waals surface area contributed by atoms with Crippen LogP contribution >= 0.6 is 0 Å². The summed E-state index contributed by atoms with van der Waals surface area (Å²) in [6.07, 6.45) is 1.54. The van der Waals surface area contributed by atoms with Crippen molar-refractivity contribution >= 4 is 0 Å². The quantitative estimate of drug-likeness (QED) is 0.863. The second-order valence-electron chi connectivity index (χ2n) is 5.16. The summed E-state index contributed by atoms with van der Waals surface area (Å²) in [5, 5.41) is 0. The Kier molecular flexibility index (Phi) is 3.61. The van der Waals surface area contributed by atoms with E-state index < -0.39 is 6.36 Å². The summed E-state index contributed by atoms with van der Waals surface area (Å²) in [6, 6.07) is 5.98. The molecule has 1 aromatic heterocycles. The molecule has 0 bridgehead atoms. The van der Waals surface area contributed by atoms with E-state index in [2.05, 4.69) is 14.3 Å². The van der Waals surface area contributed by atoms with Crippen LogP contribution in [0.2, 0.25) is 0 Å². The number of hydrogen-bond donors (Lipinski definition) is 0. The van der Waals surface area contributed by atoms with Gasteiger partial charge in [0.2, 0.25) is 0 Å². The Labute approximate surface area is 120 Å². The molecule has 1 aliphatic rings. The minimum Gasteiger partial charge on any atom is -0.406 e. The molecule has 0 unspecified atom stereocenters. The highest BCUT2D eigenvalue weighted by Crippen LogP contribution is 2.24. The van der Waals surface area contributed by atoms with Gasteiger partial charge in [0.15, 0.2) is 0 Å². The summed E-state index contributed by atoms with van der Waals surface area (Å²) in [5.41, 5.74) is 3.32. The summed E-state index contributed by atoms with van der Waals surface area (Å²) >= 11 is 0. The first-order valence-electron chi connectivity index (χ1n) is 6.89. The van der Waals surface area contributed by atoms with Crippen LogP contribution in [-0.4, -0.2) is 15.9 Å². The minimum atomic E-state index is -4.65. The smallest absolute Gasteiger partial charge is 0.406 e. The van der Waals surface area contributed by atoms with E-state index in [-0.39, 0.29) is 5.75 Å². The van der Waals surface area contributed by atoms with Gasteiger partial charge in [-0.25, -0.2) is 4.98 Å². The zero-order valence-corrected chi connectivity index (χ0v) is 11.4. The average molecular weight is 296 g/mol. The van der Waals surface area contributed by atoms with Crippen LogP contribution in [0.25, 0.3) is 0 Å². The molecule has 3 rings (SSSR count). The predicted molar refractivity (Wildman–Crippen MR) is 71.1 cm³/mol. The largest absolute Gasteiger partial charge is 0.573 e. The Balaban J connectivity index is 1.72. The zero-order chi connectivity index (χ0) is 14.9. The highest BCUT2D eigenvalue weighted by atomic mass is 19.4. The molecule has 1 heterocycles. The molecule has 0 aliphatic heterocycles. The number of fused-ring (bicyclic) bond motifs is 1. The fraction of sp³-hybridized carbons (Fsp3) is 0.400. The maximum atomic E-state index is 12.1. The number of benzene rings is 1. The molecular weight excluding hydrogens is 281 g/mol. The molecule has 0 atom stereocenters. The van der Waals surface area contributed by atoms with Crippen molar-refractivity contribution in [1.82, 2.24) is 9.55 Å². The fourth-order valence-corrected chi connectivity index (χ4v) is 2.66. The normalized spacial score (nSPS) is 14.8. The number of hydrogen-bond acceptors (Lipinski definition) is 2. The van der Waals surface area contributed by atoms with Gasteiger partial charge in [-0.05, 0) is 43.4 Å². The van der Waals surface area contributed by atoms with E-state index in [1.807, 2.05) is 6.33 Å². The van der Waals surface area contributed by atoms with E-state index in [4.69, 9.17) is 0 Å². The Morgan fingerprint density at radius 3 is 2.52 bits per heavy atom. The molecule has 112 valence electrons. The zero-order valence-electron chi connectivity index (χ0n) is 11.4. The molecule has 2 aromatic rings. The first-order valence-corrected chi connectivity index (χ1v) is 6.89. The van der Waals surface area contributed by atoms with Crippen molar-refractivity contribution < 1.29 is 17.9 Å². The van der Waals surface area contributed by atoms with Crippen molar-refractivity contribution in [2.45, 2.75) is 38.6 Å². The summed E-state index contributed by atoms with van der Waals surface area (Å²) in [4.78, 5) is 4.41. The van der Waals surface area contributed by atoms with E-state index >= 15 is 0 Å². The molecular formula is C15H15F3N2O. The maximum absolute atomic E-state index is 12.1. The van der Waals surface area contributed by atoms with E-state index in [9.17, 15) is 13.2 Å². The van der Waals surface area contributed by atoms with Crippen LogP contribution in [-0.2, 0) is 19.4 Å². The van der Waals surface area contributed by atoms with Gasteiger partial charge in [0.1, 0.15) is 5.75 Å². The van der Waals surface area contributed by atoms with Gasteiger partial charge in [0.25, 0.3) is 0 Å². The number of rotatable bonds is 3. The summed E-state index contributed by atoms with van der Waals surface area (Å²) in [6.45, 7) is 0.620. The number of aryl methyl sites for hydroxylation is 1. The van der Waals surface area contributed by atoms with E-state index in [0.29, 0.717) is 6.54 Å². The van der Waals surface area contributed by atoms with Crippen LogP contribution < -0.4 is 4.74 Å². The predicted octanol–water partition coefficient (Wildman–Crippen LogP) is 3.71. The van der Waals surface area contributed by atoms with Crippen molar-refractivity contribution in [3.05, 3.63) is 47.5 Å². The lowest BCUT2D eigenvalue weighted by Crippen LogP contribution is -2.17. The first kappa shape index (κ1) is 14.0. The standard InChI is InChI=1S/C15H15F3N2O/c16-15(17,18)21-12-7-5-11(6-8-12)9-20-10-19-13-3-1-2-4-14(13)20/h5-8,10H,1-4,9H2. The van der Waals surface area contributed by atoms with E-state index in [1.54, 1.807) is 12.1 Å². The van der Waals surface area contributed by atoms with E-state index in [0.717, 1.165) is 30.5 Å². The molecule has 0 radical (unpaired) electrons. The number of aromatic nitrogens is 2. The van der Waals surface area contributed by atoms with Gasteiger partial charge in [-0.3, -0.25) is 0 Å². The molecule has 1 aliphatic carbocycles. The summed E-state index contributed by atoms with van der Waals surface area (Å²) in [5.74, 6) is -0.195. The lowest BCUT2D eigenvalue weighted by Gasteiger charge is -2.14. The van der Waals surface area contributed by atoms with Crippen molar-refractivity contribution in [1.29, 1.82) is 0 Å². The maximum Gasteiger partial charge on any atom is 0.573 e. The third kappa shape index (κ3) is 3.37. The van der Waals surface area contributed by atoms with Crippen LogP contribution in [0.15, 0.2) is 30.6 Å². The molecule has 0 saturated carbocycles. The van der Waals surface area contributed by atoms with Crippen molar-refractivity contribution in [3.8, 4) is 5.75 Å². The van der Waals surface area contributed by atoms with Gasteiger partial charge >= 0.3 is 6.36 Å². The summed E-state index contributed by atoms with van der Waals surface area (Å²) < 4.78 is 42.2. The number of alkyl halides is 3. The van der Waals surface area contributed by atoms with Crippen LogP contribution in [0.5, 0.6) is 5.75 Å². The Hall–Kier alpha value is -1.98. The third-order valence-electron chi connectivity index (χ3n) is 3.62. The lowest BCUT2D eigenvalue weighted by molar-refractivity contribution is -0.274. The van der Waals surface area contributed by atoms with Crippen molar-refractivity contribution in [2.24, 2.45) is 0 Å².